The molecule has 1 aromatic carbocycles. The smallest absolute Gasteiger partial charge is 0.419 e. The molecule has 1 rings (SSSR count). The first-order chi connectivity index (χ1) is 8.75. The number of hydrogen-bond acceptors (Lipinski definition) is 2. The summed E-state index contributed by atoms with van der Waals surface area (Å²) in [7, 11) is 0. The summed E-state index contributed by atoms with van der Waals surface area (Å²) in [4.78, 5) is 11.4. The van der Waals surface area contributed by atoms with E-state index in [-0.39, 0.29) is 17.9 Å². The maximum Gasteiger partial charge on any atom is 0.419 e. The molecule has 106 valence electrons. The fourth-order valence-corrected chi connectivity index (χ4v) is 1.53. The molecular weight excluding hydrogens is 295 g/mol. The third-order valence-corrected chi connectivity index (χ3v) is 2.33. The first-order valence-corrected chi connectivity index (χ1v) is 5.54. The van der Waals surface area contributed by atoms with Crippen LogP contribution in [0.4, 0.5) is 22.0 Å². The summed E-state index contributed by atoms with van der Waals surface area (Å²) < 4.78 is 65.8. The van der Waals surface area contributed by atoms with Gasteiger partial charge in [-0.2, -0.15) is 22.0 Å². The number of rotatable bonds is 5. The van der Waals surface area contributed by atoms with Crippen molar-refractivity contribution < 1.29 is 31.5 Å². The van der Waals surface area contributed by atoms with Crippen molar-refractivity contribution in [2.45, 2.75) is 19.2 Å². The molecule has 0 aromatic heterocycles. The van der Waals surface area contributed by atoms with E-state index in [0.717, 1.165) is 6.07 Å². The van der Waals surface area contributed by atoms with E-state index in [1.54, 1.807) is 0 Å². The van der Waals surface area contributed by atoms with Crippen LogP contribution in [0.1, 0.15) is 22.3 Å². The summed E-state index contributed by atoms with van der Waals surface area (Å²) in [6.07, 6.45) is -5.05. The van der Waals surface area contributed by atoms with Gasteiger partial charge >= 0.3 is 12.8 Å². The summed E-state index contributed by atoms with van der Waals surface area (Å²) in [6.45, 7) is -3.38. The van der Waals surface area contributed by atoms with Gasteiger partial charge in [0.1, 0.15) is 5.75 Å². The Hall–Kier alpha value is -1.37. The number of halogens is 6. The normalized spacial score (nSPS) is 11.7. The van der Waals surface area contributed by atoms with Gasteiger partial charge in [0.05, 0.1) is 5.56 Å². The van der Waals surface area contributed by atoms with Gasteiger partial charge in [-0.3, -0.25) is 4.79 Å². The lowest BCUT2D eigenvalue weighted by molar-refractivity contribution is -0.141. The summed E-state index contributed by atoms with van der Waals surface area (Å²) in [5.41, 5.74) is -1.68. The molecule has 0 atom stereocenters. The van der Waals surface area contributed by atoms with Crippen molar-refractivity contribution in [3.63, 3.8) is 0 Å². The predicted octanol–water partition coefficient (Wildman–Crippen LogP) is 4.12. The highest BCUT2D eigenvalue weighted by Gasteiger charge is 2.35. The summed E-state index contributed by atoms with van der Waals surface area (Å²) in [5.74, 6) is -1.68. The van der Waals surface area contributed by atoms with Gasteiger partial charge in [-0.1, -0.05) is 0 Å². The van der Waals surface area contributed by atoms with Crippen LogP contribution in [0.2, 0.25) is 0 Å². The standard InChI is InChI=1S/C11H8ClF5O2/c12-4-3-8(18)6-1-2-9(19-10(13)14)7(5-6)11(15,16)17/h1-2,5,10H,3-4H2. The van der Waals surface area contributed by atoms with E-state index in [4.69, 9.17) is 11.6 Å². The van der Waals surface area contributed by atoms with Crippen LogP contribution in [0.3, 0.4) is 0 Å². The lowest BCUT2D eigenvalue weighted by Crippen LogP contribution is -2.13. The average molecular weight is 303 g/mol. The molecule has 2 nitrogen and oxygen atoms in total. The SMILES string of the molecule is O=C(CCCl)c1ccc(OC(F)F)c(C(F)(F)F)c1. The Morgan fingerprint density at radius 2 is 1.95 bits per heavy atom. The zero-order chi connectivity index (χ0) is 14.6. The van der Waals surface area contributed by atoms with Crippen molar-refractivity contribution in [1.82, 2.24) is 0 Å². The highest BCUT2D eigenvalue weighted by Crippen LogP contribution is 2.37. The highest BCUT2D eigenvalue weighted by atomic mass is 35.5. The minimum absolute atomic E-state index is 0.0462. The number of hydrogen-bond donors (Lipinski definition) is 0. The fraction of sp³-hybridized carbons (Fsp3) is 0.364. The second kappa shape index (κ2) is 6.18. The Balaban J connectivity index is 3.19. The van der Waals surface area contributed by atoms with E-state index in [0.29, 0.717) is 12.1 Å². The second-order valence-corrected chi connectivity index (χ2v) is 3.83. The van der Waals surface area contributed by atoms with Gasteiger partial charge < -0.3 is 4.74 Å². The lowest BCUT2D eigenvalue weighted by Gasteiger charge is -2.14. The zero-order valence-electron chi connectivity index (χ0n) is 9.31. The van der Waals surface area contributed by atoms with Crippen molar-refractivity contribution in [2.75, 3.05) is 5.88 Å². The highest BCUT2D eigenvalue weighted by molar-refractivity contribution is 6.19. The van der Waals surface area contributed by atoms with Gasteiger partial charge in [0.15, 0.2) is 5.78 Å². The van der Waals surface area contributed by atoms with Gasteiger partial charge in [-0.25, -0.2) is 0 Å². The van der Waals surface area contributed by atoms with Crippen LogP contribution in [0, 0.1) is 0 Å². The zero-order valence-corrected chi connectivity index (χ0v) is 10.1. The van der Waals surface area contributed by atoms with Crippen LogP contribution >= 0.6 is 11.6 Å². The Morgan fingerprint density at radius 3 is 2.42 bits per heavy atom. The van der Waals surface area contributed by atoms with Crippen molar-refractivity contribution in [1.29, 1.82) is 0 Å². The van der Waals surface area contributed by atoms with E-state index in [1.165, 1.54) is 0 Å². The van der Waals surface area contributed by atoms with Crippen molar-refractivity contribution in [3.8, 4) is 5.75 Å². The third-order valence-electron chi connectivity index (χ3n) is 2.14. The lowest BCUT2D eigenvalue weighted by atomic mass is 10.0. The van der Waals surface area contributed by atoms with Crippen molar-refractivity contribution in [2.24, 2.45) is 0 Å². The molecule has 0 aliphatic rings. The Bertz CT molecular complexity index is 459. The number of Topliss-reactive ketones (excluding diaryl/α,β-unsaturated/α-hetero) is 1. The van der Waals surface area contributed by atoms with Gasteiger partial charge in [0.2, 0.25) is 0 Å². The van der Waals surface area contributed by atoms with Crippen LogP contribution in [0.5, 0.6) is 5.75 Å². The molecule has 0 saturated heterocycles. The Kier molecular flexibility index (Phi) is 5.11. The molecule has 0 unspecified atom stereocenters. The Morgan fingerprint density at radius 1 is 1.32 bits per heavy atom. The third kappa shape index (κ3) is 4.34. The van der Waals surface area contributed by atoms with Crippen LogP contribution in [0.25, 0.3) is 0 Å². The van der Waals surface area contributed by atoms with E-state index in [9.17, 15) is 26.7 Å². The van der Waals surface area contributed by atoms with Crippen LogP contribution in [-0.4, -0.2) is 18.3 Å². The Labute approximate surface area is 110 Å². The molecule has 0 saturated carbocycles. The molecule has 0 aliphatic heterocycles. The fourth-order valence-electron chi connectivity index (χ4n) is 1.35. The number of alkyl halides is 6. The van der Waals surface area contributed by atoms with E-state index < -0.39 is 29.9 Å². The van der Waals surface area contributed by atoms with Crippen LogP contribution in [0.15, 0.2) is 18.2 Å². The van der Waals surface area contributed by atoms with Gasteiger partial charge in [0, 0.05) is 17.9 Å². The molecule has 19 heavy (non-hydrogen) atoms. The summed E-state index contributed by atoms with van der Waals surface area (Å²) in [5, 5.41) is 0. The molecule has 0 bridgehead atoms. The average Bonchev–Trinajstić information content (AvgIpc) is 2.27. The van der Waals surface area contributed by atoms with Crippen molar-refractivity contribution in [3.05, 3.63) is 29.3 Å². The molecule has 8 heteroatoms. The van der Waals surface area contributed by atoms with Gasteiger partial charge in [0.25, 0.3) is 0 Å². The first kappa shape index (κ1) is 15.7. The minimum atomic E-state index is -4.90. The molecule has 0 N–H and O–H groups in total. The molecule has 1 aromatic rings. The maximum absolute atomic E-state index is 12.7. The number of ketones is 1. The summed E-state index contributed by atoms with van der Waals surface area (Å²) >= 11 is 5.31. The number of benzene rings is 1. The molecule has 0 aliphatic carbocycles. The van der Waals surface area contributed by atoms with Crippen LogP contribution < -0.4 is 4.74 Å². The van der Waals surface area contributed by atoms with E-state index in [1.807, 2.05) is 0 Å². The van der Waals surface area contributed by atoms with E-state index >= 15 is 0 Å². The molecule has 0 amide bonds. The topological polar surface area (TPSA) is 26.3 Å². The number of carbonyl (C=O) groups is 1. The maximum atomic E-state index is 12.7. The molecule has 0 radical (unpaired) electrons. The predicted molar refractivity (Wildman–Crippen MR) is 57.7 cm³/mol. The monoisotopic (exact) mass is 302 g/mol. The summed E-state index contributed by atoms with van der Waals surface area (Å²) in [6, 6.07) is 2.16. The van der Waals surface area contributed by atoms with Crippen molar-refractivity contribution >= 4 is 17.4 Å². The first-order valence-electron chi connectivity index (χ1n) is 5.01. The van der Waals surface area contributed by atoms with Gasteiger partial charge in [-0.05, 0) is 18.2 Å². The largest absolute Gasteiger partial charge is 0.434 e. The number of carbonyl (C=O) groups excluding carboxylic acids is 1. The number of ether oxygens (including phenoxy) is 1. The molecular formula is C11H8ClF5O2. The molecule has 0 heterocycles. The second-order valence-electron chi connectivity index (χ2n) is 3.45. The van der Waals surface area contributed by atoms with Crippen LogP contribution in [-0.2, 0) is 6.18 Å². The molecule has 0 spiro atoms. The minimum Gasteiger partial charge on any atom is -0.434 e. The van der Waals surface area contributed by atoms with E-state index in [2.05, 4.69) is 4.74 Å². The molecule has 0 fully saturated rings. The quantitative estimate of drug-likeness (QED) is 0.464. The van der Waals surface area contributed by atoms with Gasteiger partial charge in [-0.15, -0.1) is 11.6 Å².